The van der Waals surface area contributed by atoms with Crippen LogP contribution in [-0.2, 0) is 0 Å². The van der Waals surface area contributed by atoms with Gasteiger partial charge in [-0.3, -0.25) is 0 Å². The third kappa shape index (κ3) is 1.37. The number of hydrogen-bond donors (Lipinski definition) is 1. The number of hydrogen-bond acceptors (Lipinski definition) is 1. The Balaban J connectivity index is 2.16. The third-order valence-corrected chi connectivity index (χ3v) is 2.64. The zero-order valence-corrected chi connectivity index (χ0v) is 7.11. The second-order valence-electron chi connectivity index (χ2n) is 3.49. The number of fused-ring (bicyclic) bond motifs is 2. The van der Waals surface area contributed by atoms with Crippen LogP contribution in [0, 0.1) is 11.8 Å². The minimum atomic E-state index is 0.284. The molecule has 2 aliphatic carbocycles. The molecular formula is C11H14O. The van der Waals surface area contributed by atoms with Gasteiger partial charge in [-0.1, -0.05) is 36.0 Å². The molecule has 1 heteroatoms. The van der Waals surface area contributed by atoms with Crippen molar-refractivity contribution in [3.8, 4) is 0 Å². The van der Waals surface area contributed by atoms with Gasteiger partial charge in [-0.15, -0.1) is 0 Å². The Hall–Kier alpha value is -0.820. The molecule has 0 unspecified atom stereocenters. The molecular weight excluding hydrogens is 148 g/mol. The standard InChI is InChI=1S/C11H14O/c12-6-5-11-8-9-3-1-2-4-10(11)7-9/h1-4,8-10,12H,5-7H2/t9-,10+/m0/s1. The van der Waals surface area contributed by atoms with E-state index in [1.807, 2.05) is 0 Å². The highest BCUT2D eigenvalue weighted by Crippen LogP contribution is 2.35. The van der Waals surface area contributed by atoms with Gasteiger partial charge >= 0.3 is 0 Å². The molecule has 0 saturated carbocycles. The first-order chi connectivity index (χ1) is 5.90. The highest BCUT2D eigenvalue weighted by Gasteiger charge is 2.22. The minimum absolute atomic E-state index is 0.284. The second-order valence-corrected chi connectivity index (χ2v) is 3.49. The van der Waals surface area contributed by atoms with E-state index in [1.165, 1.54) is 12.0 Å². The lowest BCUT2D eigenvalue weighted by molar-refractivity contribution is 0.296. The van der Waals surface area contributed by atoms with Gasteiger partial charge in [-0.2, -0.15) is 0 Å². The van der Waals surface area contributed by atoms with E-state index < -0.39 is 0 Å². The van der Waals surface area contributed by atoms with Gasteiger partial charge in [-0.05, 0) is 24.7 Å². The molecule has 2 atom stereocenters. The first-order valence-electron chi connectivity index (χ1n) is 4.56. The maximum absolute atomic E-state index is 8.83. The van der Waals surface area contributed by atoms with Crippen LogP contribution in [0.5, 0.6) is 0 Å². The van der Waals surface area contributed by atoms with Gasteiger partial charge in [0.25, 0.3) is 0 Å². The van der Waals surface area contributed by atoms with E-state index in [0.717, 1.165) is 6.42 Å². The molecule has 1 nitrogen and oxygen atoms in total. The van der Waals surface area contributed by atoms with Crippen LogP contribution < -0.4 is 0 Å². The predicted octanol–water partition coefficient (Wildman–Crippen LogP) is 2.06. The van der Waals surface area contributed by atoms with E-state index in [4.69, 9.17) is 5.11 Å². The van der Waals surface area contributed by atoms with Crippen molar-refractivity contribution in [2.75, 3.05) is 6.61 Å². The summed E-state index contributed by atoms with van der Waals surface area (Å²) in [4.78, 5) is 0. The molecule has 0 saturated heterocycles. The Labute approximate surface area is 73.1 Å². The van der Waals surface area contributed by atoms with Gasteiger partial charge in [0.1, 0.15) is 0 Å². The second kappa shape index (κ2) is 3.28. The van der Waals surface area contributed by atoms with E-state index in [1.54, 1.807) is 0 Å². The molecule has 0 aromatic heterocycles. The van der Waals surface area contributed by atoms with Crippen molar-refractivity contribution in [1.82, 2.24) is 0 Å². The Morgan fingerprint density at radius 3 is 3.00 bits per heavy atom. The topological polar surface area (TPSA) is 20.2 Å². The number of aliphatic hydroxyl groups is 1. The maximum Gasteiger partial charge on any atom is 0.0468 e. The van der Waals surface area contributed by atoms with Gasteiger partial charge in [-0.25, -0.2) is 0 Å². The number of rotatable bonds is 2. The summed E-state index contributed by atoms with van der Waals surface area (Å²) in [7, 11) is 0. The van der Waals surface area contributed by atoms with Gasteiger partial charge < -0.3 is 5.11 Å². The maximum atomic E-state index is 8.83. The molecule has 0 fully saturated rings. The molecule has 0 spiro atoms. The van der Waals surface area contributed by atoms with Crippen LogP contribution in [0.2, 0.25) is 0 Å². The van der Waals surface area contributed by atoms with E-state index >= 15 is 0 Å². The summed E-state index contributed by atoms with van der Waals surface area (Å²) in [6.45, 7) is 0.284. The summed E-state index contributed by atoms with van der Waals surface area (Å²) in [5.74, 6) is 1.21. The molecule has 0 aliphatic heterocycles. The van der Waals surface area contributed by atoms with Crippen molar-refractivity contribution in [2.45, 2.75) is 12.8 Å². The molecule has 0 amide bonds. The largest absolute Gasteiger partial charge is 0.396 e. The first-order valence-corrected chi connectivity index (χ1v) is 4.56. The molecule has 0 aromatic carbocycles. The van der Waals surface area contributed by atoms with E-state index in [-0.39, 0.29) is 6.61 Å². The van der Waals surface area contributed by atoms with E-state index in [2.05, 4.69) is 30.4 Å². The average molecular weight is 162 g/mol. The fourth-order valence-corrected chi connectivity index (χ4v) is 2.05. The van der Waals surface area contributed by atoms with Crippen molar-refractivity contribution < 1.29 is 5.11 Å². The monoisotopic (exact) mass is 162 g/mol. The number of allylic oxidation sites excluding steroid dienone is 5. The van der Waals surface area contributed by atoms with E-state index in [9.17, 15) is 0 Å². The summed E-state index contributed by atoms with van der Waals surface area (Å²) in [5, 5.41) is 8.83. The predicted molar refractivity (Wildman–Crippen MR) is 49.7 cm³/mol. The summed E-state index contributed by atoms with van der Waals surface area (Å²) < 4.78 is 0. The van der Waals surface area contributed by atoms with Crippen LogP contribution in [0.4, 0.5) is 0 Å². The minimum Gasteiger partial charge on any atom is -0.396 e. The van der Waals surface area contributed by atoms with E-state index in [0.29, 0.717) is 11.8 Å². The van der Waals surface area contributed by atoms with Crippen LogP contribution in [-0.4, -0.2) is 11.7 Å². The molecule has 2 rings (SSSR count). The Morgan fingerprint density at radius 1 is 1.33 bits per heavy atom. The highest BCUT2D eigenvalue weighted by atomic mass is 16.2. The summed E-state index contributed by atoms with van der Waals surface area (Å²) in [5.41, 5.74) is 1.42. The van der Waals surface area contributed by atoms with Gasteiger partial charge in [0.2, 0.25) is 0 Å². The Bertz CT molecular complexity index is 248. The van der Waals surface area contributed by atoms with Crippen molar-refractivity contribution in [2.24, 2.45) is 11.8 Å². The zero-order chi connectivity index (χ0) is 8.39. The van der Waals surface area contributed by atoms with Crippen LogP contribution in [0.1, 0.15) is 12.8 Å². The molecule has 64 valence electrons. The molecule has 0 radical (unpaired) electrons. The molecule has 2 bridgehead atoms. The lowest BCUT2D eigenvalue weighted by atomic mass is 9.98. The quantitative estimate of drug-likeness (QED) is 0.616. The van der Waals surface area contributed by atoms with Crippen molar-refractivity contribution in [3.05, 3.63) is 36.0 Å². The van der Waals surface area contributed by atoms with Crippen LogP contribution in [0.3, 0.4) is 0 Å². The lowest BCUT2D eigenvalue weighted by Gasteiger charge is -2.07. The van der Waals surface area contributed by atoms with Gasteiger partial charge in [0, 0.05) is 6.61 Å². The first kappa shape index (κ1) is 7.81. The smallest absolute Gasteiger partial charge is 0.0468 e. The molecule has 0 heterocycles. The van der Waals surface area contributed by atoms with Crippen molar-refractivity contribution in [1.29, 1.82) is 0 Å². The zero-order valence-electron chi connectivity index (χ0n) is 7.11. The Morgan fingerprint density at radius 2 is 2.17 bits per heavy atom. The molecule has 0 aromatic rings. The normalized spacial score (nSPS) is 31.9. The third-order valence-electron chi connectivity index (χ3n) is 2.64. The van der Waals surface area contributed by atoms with Crippen LogP contribution >= 0.6 is 0 Å². The van der Waals surface area contributed by atoms with Crippen molar-refractivity contribution >= 4 is 0 Å². The number of aliphatic hydroxyl groups excluding tert-OH is 1. The summed E-state index contributed by atoms with van der Waals surface area (Å²) in [6.07, 6.45) is 13.1. The Kier molecular flexibility index (Phi) is 2.13. The molecule has 2 aliphatic rings. The fourth-order valence-electron chi connectivity index (χ4n) is 2.05. The fraction of sp³-hybridized carbons (Fsp3) is 0.455. The van der Waals surface area contributed by atoms with Gasteiger partial charge in [0.15, 0.2) is 0 Å². The summed E-state index contributed by atoms with van der Waals surface area (Å²) in [6, 6.07) is 0. The average Bonchev–Trinajstić information content (AvgIpc) is 2.30. The lowest BCUT2D eigenvalue weighted by Crippen LogP contribution is -1.97. The highest BCUT2D eigenvalue weighted by molar-refractivity contribution is 5.28. The van der Waals surface area contributed by atoms with Crippen molar-refractivity contribution in [3.63, 3.8) is 0 Å². The summed E-state index contributed by atoms with van der Waals surface area (Å²) >= 11 is 0. The molecule has 1 N–H and O–H groups in total. The SMILES string of the molecule is OCCC1=C[C@H]2C=CC=C[C@@H]1C2. The molecule has 12 heavy (non-hydrogen) atoms. The van der Waals surface area contributed by atoms with Gasteiger partial charge in [0.05, 0.1) is 0 Å². The van der Waals surface area contributed by atoms with Crippen LogP contribution in [0.25, 0.3) is 0 Å². The van der Waals surface area contributed by atoms with Crippen LogP contribution in [0.15, 0.2) is 36.0 Å².